The van der Waals surface area contributed by atoms with Gasteiger partial charge in [-0.05, 0) is 49.2 Å². The molecule has 0 fully saturated rings. The van der Waals surface area contributed by atoms with E-state index >= 15 is 0 Å². The lowest BCUT2D eigenvalue weighted by atomic mass is 10.0. The largest absolute Gasteiger partial charge is 0.412 e. The zero-order valence-corrected chi connectivity index (χ0v) is 13.6. The fourth-order valence-electron chi connectivity index (χ4n) is 2.65. The molecule has 5 heteroatoms. The molecule has 5 nitrogen and oxygen atoms in total. The van der Waals surface area contributed by atoms with Crippen LogP contribution in [0.3, 0.4) is 0 Å². The molecule has 0 radical (unpaired) electrons. The van der Waals surface area contributed by atoms with Crippen molar-refractivity contribution in [3.8, 4) is 5.75 Å². The van der Waals surface area contributed by atoms with Crippen LogP contribution in [-0.4, -0.2) is 11.1 Å². The third kappa shape index (κ3) is 3.46. The third-order valence-corrected chi connectivity index (χ3v) is 3.77. The van der Waals surface area contributed by atoms with Gasteiger partial charge >= 0.3 is 6.09 Å². The summed E-state index contributed by atoms with van der Waals surface area (Å²) in [5.74, 6) is 0.453. The maximum Gasteiger partial charge on any atom is 0.412 e. The third-order valence-electron chi connectivity index (χ3n) is 3.77. The van der Waals surface area contributed by atoms with Crippen LogP contribution in [0.2, 0.25) is 0 Å². The summed E-state index contributed by atoms with van der Waals surface area (Å²) in [5.41, 5.74) is 3.24. The van der Waals surface area contributed by atoms with Crippen molar-refractivity contribution >= 4 is 17.0 Å². The number of nitrogens with one attached hydrogen (secondary N) is 2. The number of carbonyl (C=O) groups is 1. The summed E-state index contributed by atoms with van der Waals surface area (Å²) >= 11 is 0. The van der Waals surface area contributed by atoms with E-state index in [9.17, 15) is 9.59 Å². The number of para-hydroxylation sites is 1. The average Bonchev–Trinajstić information content (AvgIpc) is 2.54. The Labute approximate surface area is 139 Å². The zero-order valence-electron chi connectivity index (χ0n) is 13.6. The molecule has 0 spiro atoms. The van der Waals surface area contributed by atoms with Crippen LogP contribution in [0.5, 0.6) is 5.75 Å². The number of aromatic amines is 1. The second kappa shape index (κ2) is 6.58. The number of hydrogen-bond acceptors (Lipinski definition) is 3. The fraction of sp³-hybridized carbons (Fsp3) is 0.158. The Kier molecular flexibility index (Phi) is 4.33. The number of H-pyrrole nitrogens is 1. The van der Waals surface area contributed by atoms with E-state index < -0.39 is 6.09 Å². The van der Waals surface area contributed by atoms with Crippen LogP contribution < -0.4 is 15.6 Å². The monoisotopic (exact) mass is 322 g/mol. The molecular formula is C19H18N2O3. The van der Waals surface area contributed by atoms with E-state index in [0.29, 0.717) is 11.3 Å². The van der Waals surface area contributed by atoms with Crippen molar-refractivity contribution in [1.82, 2.24) is 10.3 Å². The normalized spacial score (nSPS) is 10.6. The van der Waals surface area contributed by atoms with Crippen molar-refractivity contribution < 1.29 is 9.53 Å². The number of hydrogen-bond donors (Lipinski definition) is 2. The highest BCUT2D eigenvalue weighted by molar-refractivity contribution is 5.83. The van der Waals surface area contributed by atoms with Crippen molar-refractivity contribution in [1.29, 1.82) is 0 Å². The van der Waals surface area contributed by atoms with Gasteiger partial charge in [-0.15, -0.1) is 0 Å². The lowest BCUT2D eigenvalue weighted by molar-refractivity contribution is 0.200. The fourth-order valence-corrected chi connectivity index (χ4v) is 2.65. The predicted octanol–water partition coefficient (Wildman–Crippen LogP) is 3.43. The van der Waals surface area contributed by atoms with Crippen LogP contribution in [0.1, 0.15) is 16.7 Å². The molecule has 0 saturated carbocycles. The molecule has 0 aliphatic heterocycles. The smallest absolute Gasteiger partial charge is 0.410 e. The molecule has 3 rings (SSSR count). The quantitative estimate of drug-likeness (QED) is 0.776. The van der Waals surface area contributed by atoms with E-state index in [1.165, 1.54) is 0 Å². The molecule has 0 aliphatic carbocycles. The van der Waals surface area contributed by atoms with Gasteiger partial charge in [0.15, 0.2) is 0 Å². The van der Waals surface area contributed by atoms with Crippen molar-refractivity contribution in [2.75, 3.05) is 0 Å². The van der Waals surface area contributed by atoms with Gasteiger partial charge in [0.05, 0.1) is 6.54 Å². The summed E-state index contributed by atoms with van der Waals surface area (Å²) in [5, 5.41) is 3.57. The topological polar surface area (TPSA) is 71.2 Å². The number of carbonyl (C=O) groups excluding carboxylic acids is 1. The Bertz CT molecular complexity index is 946. The summed E-state index contributed by atoms with van der Waals surface area (Å²) < 4.78 is 5.14. The number of ether oxygens (including phenoxy) is 1. The van der Waals surface area contributed by atoms with Gasteiger partial charge in [0.1, 0.15) is 5.75 Å². The molecule has 0 unspecified atom stereocenters. The van der Waals surface area contributed by atoms with Gasteiger partial charge in [-0.3, -0.25) is 4.79 Å². The van der Waals surface area contributed by atoms with Gasteiger partial charge in [0, 0.05) is 16.5 Å². The number of pyridine rings is 1. The van der Waals surface area contributed by atoms with Crippen LogP contribution in [-0.2, 0) is 6.54 Å². The zero-order chi connectivity index (χ0) is 17.1. The van der Waals surface area contributed by atoms with E-state index in [0.717, 1.165) is 22.0 Å². The number of rotatable bonds is 3. The molecule has 1 amide bonds. The molecule has 2 aromatic carbocycles. The minimum atomic E-state index is -0.596. The first-order chi connectivity index (χ1) is 11.5. The lowest BCUT2D eigenvalue weighted by Crippen LogP contribution is -2.29. The van der Waals surface area contributed by atoms with Gasteiger partial charge in [-0.1, -0.05) is 24.3 Å². The van der Waals surface area contributed by atoms with Crippen molar-refractivity contribution in [3.05, 3.63) is 75.6 Å². The number of aryl methyl sites for hydroxylation is 2. The van der Waals surface area contributed by atoms with Gasteiger partial charge in [-0.25, -0.2) is 4.79 Å². The van der Waals surface area contributed by atoms with Crippen LogP contribution in [0.25, 0.3) is 10.9 Å². The van der Waals surface area contributed by atoms with Crippen LogP contribution in [0.15, 0.2) is 53.3 Å². The molecular weight excluding hydrogens is 304 g/mol. The first-order valence-electron chi connectivity index (χ1n) is 7.67. The Morgan fingerprint density at radius 2 is 1.88 bits per heavy atom. The number of aromatic nitrogens is 1. The van der Waals surface area contributed by atoms with Gasteiger partial charge < -0.3 is 15.0 Å². The van der Waals surface area contributed by atoms with Crippen molar-refractivity contribution in [2.45, 2.75) is 20.4 Å². The molecule has 1 heterocycles. The van der Waals surface area contributed by atoms with E-state index in [4.69, 9.17) is 4.74 Å². The molecule has 3 aromatic rings. The highest BCUT2D eigenvalue weighted by Crippen LogP contribution is 2.18. The molecule has 122 valence electrons. The summed E-state index contributed by atoms with van der Waals surface area (Å²) in [6.07, 6.45) is -0.596. The Balaban J connectivity index is 1.76. The SMILES string of the molecule is Cc1cc(C)c2cc(CNC(=O)Oc3ccccc3)c(=O)[nH]c2c1. The highest BCUT2D eigenvalue weighted by Gasteiger charge is 2.08. The molecule has 0 aliphatic rings. The second-order valence-corrected chi connectivity index (χ2v) is 5.72. The maximum atomic E-state index is 12.2. The standard InChI is InChI=1S/C19H18N2O3/c1-12-8-13(2)16-10-14(18(22)21-17(16)9-12)11-20-19(23)24-15-6-4-3-5-7-15/h3-10H,11H2,1-2H3,(H,20,23)(H,21,22). The molecule has 24 heavy (non-hydrogen) atoms. The predicted molar refractivity (Wildman–Crippen MR) is 93.3 cm³/mol. The second-order valence-electron chi connectivity index (χ2n) is 5.72. The molecule has 2 N–H and O–H groups in total. The van der Waals surface area contributed by atoms with Crippen molar-refractivity contribution in [3.63, 3.8) is 0 Å². The van der Waals surface area contributed by atoms with Gasteiger partial charge in [0.2, 0.25) is 0 Å². The Morgan fingerprint density at radius 1 is 1.12 bits per heavy atom. The minimum absolute atomic E-state index is 0.101. The molecule has 0 saturated heterocycles. The van der Waals surface area contributed by atoms with Crippen LogP contribution in [0, 0.1) is 13.8 Å². The van der Waals surface area contributed by atoms with E-state index in [1.54, 1.807) is 24.3 Å². The average molecular weight is 322 g/mol. The Morgan fingerprint density at radius 3 is 2.62 bits per heavy atom. The first-order valence-corrected chi connectivity index (χ1v) is 7.67. The summed E-state index contributed by atoms with van der Waals surface area (Å²) in [4.78, 5) is 26.9. The Hall–Kier alpha value is -3.08. The number of amides is 1. The highest BCUT2D eigenvalue weighted by atomic mass is 16.6. The number of fused-ring (bicyclic) bond motifs is 1. The van der Waals surface area contributed by atoms with E-state index in [2.05, 4.69) is 16.4 Å². The van der Waals surface area contributed by atoms with E-state index in [1.807, 2.05) is 32.0 Å². The maximum absolute atomic E-state index is 12.2. The molecule has 0 atom stereocenters. The van der Waals surface area contributed by atoms with Crippen molar-refractivity contribution in [2.24, 2.45) is 0 Å². The first kappa shape index (κ1) is 15.8. The van der Waals surface area contributed by atoms with Gasteiger partial charge in [-0.2, -0.15) is 0 Å². The summed E-state index contributed by atoms with van der Waals surface area (Å²) in [6.45, 7) is 4.08. The summed E-state index contributed by atoms with van der Waals surface area (Å²) in [7, 11) is 0. The van der Waals surface area contributed by atoms with E-state index in [-0.39, 0.29) is 12.1 Å². The minimum Gasteiger partial charge on any atom is -0.410 e. The summed E-state index contributed by atoms with van der Waals surface area (Å²) in [6, 6.07) is 14.6. The molecule has 1 aromatic heterocycles. The van der Waals surface area contributed by atoms with Crippen LogP contribution >= 0.6 is 0 Å². The number of benzene rings is 2. The molecule has 0 bridgehead atoms. The lowest BCUT2D eigenvalue weighted by Gasteiger charge is -2.09. The van der Waals surface area contributed by atoms with Crippen LogP contribution in [0.4, 0.5) is 4.79 Å². The van der Waals surface area contributed by atoms with Gasteiger partial charge in [0.25, 0.3) is 5.56 Å².